The van der Waals surface area contributed by atoms with E-state index >= 15 is 0 Å². The predicted octanol–water partition coefficient (Wildman–Crippen LogP) is 0.254. The molecule has 1 saturated heterocycles. The minimum atomic E-state index is -0.192. The van der Waals surface area contributed by atoms with E-state index in [1.165, 1.54) is 0 Å². The topological polar surface area (TPSA) is 76.8 Å². The summed E-state index contributed by atoms with van der Waals surface area (Å²) in [5.41, 5.74) is 9.52. The molecule has 1 amide bonds. The van der Waals surface area contributed by atoms with E-state index < -0.39 is 0 Å². The number of hydrogen-bond acceptors (Lipinski definition) is 5. The first-order chi connectivity index (χ1) is 8.69. The molecule has 0 unspecified atom stereocenters. The monoisotopic (exact) mass is 251 g/mol. The first-order valence-corrected chi connectivity index (χ1v) is 5.77. The zero-order chi connectivity index (χ0) is 13.0. The van der Waals surface area contributed by atoms with Gasteiger partial charge in [0.15, 0.2) is 0 Å². The maximum Gasteiger partial charge on any atom is 0.265 e. The highest BCUT2D eigenvalue weighted by Crippen LogP contribution is 2.18. The van der Waals surface area contributed by atoms with E-state index in [1.807, 2.05) is 5.01 Å². The number of carbonyl (C=O) groups excluding carboxylic acids is 1. The molecule has 98 valence electrons. The standard InChI is InChI=1S/C12H17N3O3/c1-17-11-7-9(6-10(13)8-11)12(16)14-15-2-4-18-5-3-15/h6-8H,2-5,13H2,1H3,(H,14,16). The molecule has 18 heavy (non-hydrogen) atoms. The number of hydrazine groups is 1. The fourth-order valence-corrected chi connectivity index (χ4v) is 1.75. The van der Waals surface area contributed by atoms with Crippen LogP contribution in [0.15, 0.2) is 18.2 Å². The average Bonchev–Trinajstić information content (AvgIpc) is 2.39. The highest BCUT2D eigenvalue weighted by atomic mass is 16.5. The normalized spacial score (nSPS) is 16.3. The molecule has 6 nitrogen and oxygen atoms in total. The van der Waals surface area contributed by atoms with Gasteiger partial charge in [0.2, 0.25) is 0 Å². The Morgan fingerprint density at radius 1 is 1.39 bits per heavy atom. The van der Waals surface area contributed by atoms with Crippen molar-refractivity contribution in [1.29, 1.82) is 0 Å². The van der Waals surface area contributed by atoms with E-state index in [2.05, 4.69) is 5.43 Å². The summed E-state index contributed by atoms with van der Waals surface area (Å²) in [7, 11) is 1.54. The molecular formula is C12H17N3O3. The van der Waals surface area contributed by atoms with Crippen LogP contribution in [0, 0.1) is 0 Å². The van der Waals surface area contributed by atoms with E-state index in [0.717, 1.165) is 0 Å². The van der Waals surface area contributed by atoms with Gasteiger partial charge in [-0.1, -0.05) is 0 Å². The molecule has 0 bridgehead atoms. The third kappa shape index (κ3) is 3.12. The van der Waals surface area contributed by atoms with Crippen LogP contribution in [-0.2, 0) is 4.74 Å². The maximum absolute atomic E-state index is 12.0. The Morgan fingerprint density at radius 3 is 2.78 bits per heavy atom. The van der Waals surface area contributed by atoms with Gasteiger partial charge in [0.25, 0.3) is 5.91 Å². The van der Waals surface area contributed by atoms with Crippen LogP contribution in [0.5, 0.6) is 5.75 Å². The molecular weight excluding hydrogens is 234 g/mol. The molecule has 6 heteroatoms. The van der Waals surface area contributed by atoms with E-state index in [-0.39, 0.29) is 5.91 Å². The van der Waals surface area contributed by atoms with Crippen molar-refractivity contribution in [3.05, 3.63) is 23.8 Å². The quantitative estimate of drug-likeness (QED) is 0.753. The minimum Gasteiger partial charge on any atom is -0.497 e. The lowest BCUT2D eigenvalue weighted by Crippen LogP contribution is -2.48. The molecule has 0 saturated carbocycles. The lowest BCUT2D eigenvalue weighted by Gasteiger charge is -2.27. The summed E-state index contributed by atoms with van der Waals surface area (Å²) in [6.45, 7) is 2.62. The Kier molecular flexibility index (Phi) is 4.01. The largest absolute Gasteiger partial charge is 0.497 e. The number of methoxy groups -OCH3 is 1. The number of ether oxygens (including phenoxy) is 2. The third-order valence-electron chi connectivity index (χ3n) is 2.70. The molecule has 2 rings (SSSR count). The van der Waals surface area contributed by atoms with Crippen molar-refractivity contribution in [1.82, 2.24) is 10.4 Å². The molecule has 0 aliphatic carbocycles. The summed E-state index contributed by atoms with van der Waals surface area (Å²) in [6.07, 6.45) is 0. The van der Waals surface area contributed by atoms with Crippen LogP contribution in [-0.4, -0.2) is 44.3 Å². The Bertz CT molecular complexity index is 431. The van der Waals surface area contributed by atoms with Crippen LogP contribution in [0.1, 0.15) is 10.4 Å². The van der Waals surface area contributed by atoms with Crippen molar-refractivity contribution >= 4 is 11.6 Å². The Balaban J connectivity index is 2.05. The number of amides is 1. The van der Waals surface area contributed by atoms with Gasteiger partial charge in [-0.25, -0.2) is 5.01 Å². The molecule has 1 aliphatic rings. The zero-order valence-corrected chi connectivity index (χ0v) is 10.3. The number of anilines is 1. The number of benzene rings is 1. The number of carbonyl (C=O) groups is 1. The maximum atomic E-state index is 12.0. The van der Waals surface area contributed by atoms with Crippen molar-refractivity contribution in [3.63, 3.8) is 0 Å². The number of nitrogens with zero attached hydrogens (tertiary/aromatic N) is 1. The number of nitrogen functional groups attached to an aromatic ring is 1. The van der Waals surface area contributed by atoms with Gasteiger partial charge in [0.1, 0.15) is 5.75 Å². The van der Waals surface area contributed by atoms with Crippen LogP contribution >= 0.6 is 0 Å². The Labute approximate surface area is 106 Å². The van der Waals surface area contributed by atoms with Gasteiger partial charge < -0.3 is 15.2 Å². The van der Waals surface area contributed by atoms with E-state index in [4.69, 9.17) is 15.2 Å². The number of nitrogens with two attached hydrogens (primary N) is 1. The van der Waals surface area contributed by atoms with Gasteiger partial charge in [0.05, 0.1) is 20.3 Å². The first-order valence-electron chi connectivity index (χ1n) is 5.77. The third-order valence-corrected chi connectivity index (χ3v) is 2.70. The molecule has 1 aliphatic heterocycles. The van der Waals surface area contributed by atoms with Crippen molar-refractivity contribution in [2.45, 2.75) is 0 Å². The fraction of sp³-hybridized carbons (Fsp3) is 0.417. The second kappa shape index (κ2) is 5.70. The second-order valence-electron chi connectivity index (χ2n) is 4.04. The summed E-state index contributed by atoms with van der Waals surface area (Å²) in [4.78, 5) is 12.0. The molecule has 1 heterocycles. The minimum absolute atomic E-state index is 0.192. The summed E-state index contributed by atoms with van der Waals surface area (Å²) in [6, 6.07) is 4.95. The highest BCUT2D eigenvalue weighted by molar-refractivity contribution is 5.95. The zero-order valence-electron chi connectivity index (χ0n) is 10.3. The molecule has 0 aromatic heterocycles. The van der Waals surface area contributed by atoms with Crippen molar-refractivity contribution < 1.29 is 14.3 Å². The summed E-state index contributed by atoms with van der Waals surface area (Å²) in [5, 5.41) is 1.83. The Morgan fingerprint density at radius 2 is 2.11 bits per heavy atom. The van der Waals surface area contributed by atoms with E-state index in [0.29, 0.717) is 43.3 Å². The van der Waals surface area contributed by atoms with Gasteiger partial charge in [-0.05, 0) is 12.1 Å². The number of hydrogen-bond donors (Lipinski definition) is 2. The summed E-state index contributed by atoms with van der Waals surface area (Å²) in [5.74, 6) is 0.379. The number of morpholine rings is 1. The second-order valence-corrected chi connectivity index (χ2v) is 4.04. The van der Waals surface area contributed by atoms with Crippen molar-refractivity contribution in [2.24, 2.45) is 0 Å². The van der Waals surface area contributed by atoms with Gasteiger partial charge >= 0.3 is 0 Å². The van der Waals surface area contributed by atoms with E-state index in [1.54, 1.807) is 25.3 Å². The van der Waals surface area contributed by atoms with Gasteiger partial charge in [0, 0.05) is 30.4 Å². The number of nitrogens with one attached hydrogen (secondary N) is 1. The molecule has 0 atom stereocenters. The molecule has 0 radical (unpaired) electrons. The van der Waals surface area contributed by atoms with Crippen LogP contribution in [0.2, 0.25) is 0 Å². The Hall–Kier alpha value is -1.79. The van der Waals surface area contributed by atoms with Crippen LogP contribution in [0.3, 0.4) is 0 Å². The molecule has 1 aromatic carbocycles. The van der Waals surface area contributed by atoms with Gasteiger partial charge in [-0.3, -0.25) is 10.2 Å². The lowest BCUT2D eigenvalue weighted by molar-refractivity contribution is 0.0126. The van der Waals surface area contributed by atoms with Crippen molar-refractivity contribution in [2.75, 3.05) is 39.1 Å². The summed E-state index contributed by atoms with van der Waals surface area (Å²) >= 11 is 0. The molecule has 3 N–H and O–H groups in total. The van der Waals surface area contributed by atoms with Crippen molar-refractivity contribution in [3.8, 4) is 5.75 Å². The van der Waals surface area contributed by atoms with E-state index in [9.17, 15) is 4.79 Å². The van der Waals surface area contributed by atoms with Gasteiger partial charge in [-0.2, -0.15) is 0 Å². The molecule has 1 fully saturated rings. The summed E-state index contributed by atoms with van der Waals surface area (Å²) < 4.78 is 10.3. The van der Waals surface area contributed by atoms with Crippen LogP contribution < -0.4 is 15.9 Å². The average molecular weight is 251 g/mol. The molecule has 0 spiro atoms. The fourth-order valence-electron chi connectivity index (χ4n) is 1.75. The highest BCUT2D eigenvalue weighted by Gasteiger charge is 2.15. The van der Waals surface area contributed by atoms with Crippen LogP contribution in [0.25, 0.3) is 0 Å². The number of rotatable bonds is 3. The smallest absolute Gasteiger partial charge is 0.265 e. The predicted molar refractivity (Wildman–Crippen MR) is 67.3 cm³/mol. The lowest BCUT2D eigenvalue weighted by atomic mass is 10.2. The SMILES string of the molecule is COc1cc(N)cc(C(=O)NN2CCOCC2)c1. The first kappa shape index (κ1) is 12.7. The van der Waals surface area contributed by atoms with Gasteiger partial charge in [-0.15, -0.1) is 0 Å². The van der Waals surface area contributed by atoms with Crippen LogP contribution in [0.4, 0.5) is 5.69 Å². The molecule has 1 aromatic rings.